The molecule has 1 rings (SSSR count). The second-order valence-corrected chi connectivity index (χ2v) is 4.39. The maximum atomic E-state index is 10.8. The number of rotatable bonds is 4. The summed E-state index contributed by atoms with van der Waals surface area (Å²) in [4.78, 5) is 25.4. The molecular formula is C9H11NO4S. The minimum atomic E-state index is -1.12. The zero-order valence-electron chi connectivity index (χ0n) is 8.35. The number of hydrogen-bond acceptors (Lipinski definition) is 4. The molecule has 0 fully saturated rings. The number of carboxylic acid groups (broad SMARTS) is 2. The largest absolute Gasteiger partial charge is 0.481 e. The summed E-state index contributed by atoms with van der Waals surface area (Å²) >= 11 is 1.04. The number of hydrogen-bond donors (Lipinski definition) is 2. The van der Waals surface area contributed by atoms with E-state index < -0.39 is 11.9 Å². The highest BCUT2D eigenvalue weighted by Gasteiger charge is 2.20. The first-order valence-corrected chi connectivity index (χ1v) is 5.18. The molecule has 6 heteroatoms. The van der Waals surface area contributed by atoms with E-state index in [0.717, 1.165) is 11.3 Å². The Morgan fingerprint density at radius 3 is 2.40 bits per heavy atom. The third-order valence-electron chi connectivity index (χ3n) is 1.72. The van der Waals surface area contributed by atoms with Crippen molar-refractivity contribution in [1.29, 1.82) is 0 Å². The number of carboxylic acids is 2. The molecule has 0 aromatic carbocycles. The minimum Gasteiger partial charge on any atom is -0.481 e. The first-order valence-electron chi connectivity index (χ1n) is 4.36. The molecule has 5 nitrogen and oxygen atoms in total. The summed E-state index contributed by atoms with van der Waals surface area (Å²) in [6.45, 7) is 3.77. The van der Waals surface area contributed by atoms with Gasteiger partial charge in [0.15, 0.2) is 0 Å². The van der Waals surface area contributed by atoms with Crippen LogP contribution in [0.1, 0.15) is 40.1 Å². The van der Waals surface area contributed by atoms with E-state index in [2.05, 4.69) is 4.98 Å². The molecule has 15 heavy (non-hydrogen) atoms. The molecular weight excluding hydrogens is 218 g/mol. The molecule has 0 saturated carbocycles. The van der Waals surface area contributed by atoms with Gasteiger partial charge in [0, 0.05) is 5.92 Å². The quantitative estimate of drug-likeness (QED) is 0.818. The summed E-state index contributed by atoms with van der Waals surface area (Å²) in [6, 6.07) is 0. The fourth-order valence-electron chi connectivity index (χ4n) is 1.05. The van der Waals surface area contributed by atoms with Crippen LogP contribution in [-0.4, -0.2) is 27.1 Å². The number of aliphatic carboxylic acids is 1. The van der Waals surface area contributed by atoms with Crippen molar-refractivity contribution in [2.45, 2.75) is 26.2 Å². The Kier molecular flexibility index (Phi) is 3.41. The summed E-state index contributed by atoms with van der Waals surface area (Å²) in [5, 5.41) is 18.1. The normalized spacial score (nSPS) is 10.6. The van der Waals surface area contributed by atoms with E-state index in [1.807, 2.05) is 13.8 Å². The van der Waals surface area contributed by atoms with E-state index in [-0.39, 0.29) is 22.9 Å². The van der Waals surface area contributed by atoms with Crippen molar-refractivity contribution in [2.24, 2.45) is 0 Å². The standard InChI is InChI=1S/C9H11NO4S/c1-4(2)8-10-5(3-6(11)12)7(15-8)9(13)14/h4H,3H2,1-2H3,(H,11,12)(H,13,14). The summed E-state index contributed by atoms with van der Waals surface area (Å²) in [7, 11) is 0. The van der Waals surface area contributed by atoms with Gasteiger partial charge in [-0.2, -0.15) is 0 Å². The maximum absolute atomic E-state index is 10.8. The lowest BCUT2D eigenvalue weighted by molar-refractivity contribution is -0.136. The van der Waals surface area contributed by atoms with Crippen LogP contribution in [0.3, 0.4) is 0 Å². The fraction of sp³-hybridized carbons (Fsp3) is 0.444. The van der Waals surface area contributed by atoms with E-state index in [1.165, 1.54) is 0 Å². The molecule has 0 amide bonds. The molecule has 2 N–H and O–H groups in total. The van der Waals surface area contributed by atoms with Gasteiger partial charge in [0.1, 0.15) is 4.88 Å². The Morgan fingerprint density at radius 1 is 1.40 bits per heavy atom. The van der Waals surface area contributed by atoms with E-state index >= 15 is 0 Å². The minimum absolute atomic E-state index is 0.0288. The summed E-state index contributed by atoms with van der Waals surface area (Å²) in [5.41, 5.74) is 0.142. The molecule has 0 aliphatic rings. The Morgan fingerprint density at radius 2 is 2.00 bits per heavy atom. The van der Waals surface area contributed by atoms with Crippen molar-refractivity contribution < 1.29 is 19.8 Å². The van der Waals surface area contributed by atoms with Crippen LogP contribution in [0, 0.1) is 0 Å². The van der Waals surface area contributed by atoms with Crippen LogP contribution < -0.4 is 0 Å². The number of thiazole rings is 1. The summed E-state index contributed by atoms with van der Waals surface area (Å²) in [5.74, 6) is -2.08. The first kappa shape index (κ1) is 11.6. The molecule has 82 valence electrons. The lowest BCUT2D eigenvalue weighted by Gasteiger charge is -1.95. The predicted molar refractivity (Wildman–Crippen MR) is 54.5 cm³/mol. The predicted octanol–water partition coefficient (Wildman–Crippen LogP) is 1.59. The van der Waals surface area contributed by atoms with Gasteiger partial charge in [0.25, 0.3) is 0 Å². The second kappa shape index (κ2) is 4.39. The van der Waals surface area contributed by atoms with Crippen molar-refractivity contribution in [3.8, 4) is 0 Å². The highest BCUT2D eigenvalue weighted by Crippen LogP contribution is 2.25. The molecule has 0 aliphatic heterocycles. The van der Waals surface area contributed by atoms with E-state index in [1.54, 1.807) is 0 Å². The van der Waals surface area contributed by atoms with Crippen molar-refractivity contribution in [2.75, 3.05) is 0 Å². The van der Waals surface area contributed by atoms with Crippen molar-refractivity contribution >= 4 is 23.3 Å². The Bertz CT molecular complexity index is 397. The molecule has 0 atom stereocenters. The summed E-state index contributed by atoms with van der Waals surface area (Å²) < 4.78 is 0. The van der Waals surface area contributed by atoms with Crippen LogP contribution >= 0.6 is 11.3 Å². The van der Waals surface area contributed by atoms with Gasteiger partial charge in [-0.1, -0.05) is 13.8 Å². The summed E-state index contributed by atoms with van der Waals surface area (Å²) in [6.07, 6.45) is -0.342. The zero-order chi connectivity index (χ0) is 11.6. The molecule has 1 heterocycles. The molecule has 0 saturated heterocycles. The van der Waals surface area contributed by atoms with E-state index in [9.17, 15) is 9.59 Å². The second-order valence-electron chi connectivity index (χ2n) is 3.36. The van der Waals surface area contributed by atoms with Crippen LogP contribution in [0.15, 0.2) is 0 Å². The van der Waals surface area contributed by atoms with Gasteiger partial charge in [0.05, 0.1) is 17.1 Å². The average molecular weight is 229 g/mol. The smallest absolute Gasteiger partial charge is 0.347 e. The SMILES string of the molecule is CC(C)c1nc(CC(=O)O)c(C(=O)O)s1. The van der Waals surface area contributed by atoms with E-state index in [0.29, 0.717) is 5.01 Å². The van der Waals surface area contributed by atoms with Gasteiger partial charge < -0.3 is 10.2 Å². The Labute approximate surface area is 90.4 Å². The molecule has 0 radical (unpaired) electrons. The highest BCUT2D eigenvalue weighted by atomic mass is 32.1. The third-order valence-corrected chi connectivity index (χ3v) is 3.11. The first-order chi connectivity index (χ1) is 6.91. The molecule has 0 bridgehead atoms. The van der Waals surface area contributed by atoms with Gasteiger partial charge in [-0.05, 0) is 0 Å². The Balaban J connectivity index is 3.11. The monoisotopic (exact) mass is 229 g/mol. The molecule has 0 unspecified atom stereocenters. The molecule has 0 spiro atoms. The van der Waals surface area contributed by atoms with Crippen LogP contribution in [-0.2, 0) is 11.2 Å². The number of nitrogens with zero attached hydrogens (tertiary/aromatic N) is 1. The molecule has 1 aromatic heterocycles. The highest BCUT2D eigenvalue weighted by molar-refractivity contribution is 7.13. The third kappa shape index (κ3) is 2.76. The van der Waals surface area contributed by atoms with E-state index in [4.69, 9.17) is 10.2 Å². The zero-order valence-corrected chi connectivity index (χ0v) is 9.17. The topological polar surface area (TPSA) is 87.5 Å². The maximum Gasteiger partial charge on any atom is 0.347 e. The van der Waals surface area contributed by atoms with Gasteiger partial charge >= 0.3 is 11.9 Å². The van der Waals surface area contributed by atoms with Gasteiger partial charge in [-0.3, -0.25) is 4.79 Å². The number of aromatic nitrogens is 1. The lowest BCUT2D eigenvalue weighted by Crippen LogP contribution is -2.06. The number of carbonyl (C=O) groups is 2. The van der Waals surface area contributed by atoms with Gasteiger partial charge in [-0.15, -0.1) is 11.3 Å². The number of aromatic carboxylic acids is 1. The van der Waals surface area contributed by atoms with Gasteiger partial charge in [0.2, 0.25) is 0 Å². The molecule has 1 aromatic rings. The molecule has 0 aliphatic carbocycles. The van der Waals surface area contributed by atoms with Crippen molar-refractivity contribution in [3.63, 3.8) is 0 Å². The van der Waals surface area contributed by atoms with Crippen molar-refractivity contribution in [1.82, 2.24) is 4.98 Å². The van der Waals surface area contributed by atoms with Gasteiger partial charge in [-0.25, -0.2) is 9.78 Å². The van der Waals surface area contributed by atoms with Crippen LogP contribution in [0.25, 0.3) is 0 Å². The van der Waals surface area contributed by atoms with Crippen LogP contribution in [0.2, 0.25) is 0 Å². The average Bonchev–Trinajstić information content (AvgIpc) is 2.46. The van der Waals surface area contributed by atoms with Crippen molar-refractivity contribution in [3.05, 3.63) is 15.6 Å². The fourth-order valence-corrected chi connectivity index (χ4v) is 1.97. The van der Waals surface area contributed by atoms with Crippen LogP contribution in [0.5, 0.6) is 0 Å². The lowest BCUT2D eigenvalue weighted by atomic mass is 10.2. The Hall–Kier alpha value is -1.43. The van der Waals surface area contributed by atoms with Crippen LogP contribution in [0.4, 0.5) is 0 Å².